The number of rotatable bonds is 3. The standard InChI is InChI=1S/C11H18N2O/c1-5-11(2,3)8-6-9(14-4)10(12)13-7-8/h6-7H,5H2,1-4H3,(H2,12,13). The first-order chi connectivity index (χ1) is 6.51. The van der Waals surface area contributed by atoms with E-state index < -0.39 is 0 Å². The number of anilines is 1. The van der Waals surface area contributed by atoms with E-state index >= 15 is 0 Å². The van der Waals surface area contributed by atoms with E-state index in [0.29, 0.717) is 11.6 Å². The van der Waals surface area contributed by atoms with Crippen molar-refractivity contribution >= 4 is 5.82 Å². The second-order valence-electron chi connectivity index (χ2n) is 4.05. The van der Waals surface area contributed by atoms with Gasteiger partial charge in [0.05, 0.1) is 7.11 Å². The number of hydrogen-bond donors (Lipinski definition) is 1. The summed E-state index contributed by atoms with van der Waals surface area (Å²) < 4.78 is 5.14. The Morgan fingerprint density at radius 2 is 2.14 bits per heavy atom. The van der Waals surface area contributed by atoms with Crippen molar-refractivity contribution in [2.45, 2.75) is 32.6 Å². The molecule has 3 heteroatoms. The molecular weight excluding hydrogens is 176 g/mol. The van der Waals surface area contributed by atoms with Crippen LogP contribution >= 0.6 is 0 Å². The molecule has 14 heavy (non-hydrogen) atoms. The predicted molar refractivity (Wildman–Crippen MR) is 58.5 cm³/mol. The normalized spacial score (nSPS) is 11.4. The summed E-state index contributed by atoms with van der Waals surface area (Å²) in [7, 11) is 1.61. The van der Waals surface area contributed by atoms with Gasteiger partial charge in [0.2, 0.25) is 0 Å². The number of methoxy groups -OCH3 is 1. The fraction of sp³-hybridized carbons (Fsp3) is 0.545. The van der Waals surface area contributed by atoms with Crippen LogP contribution in [0.1, 0.15) is 32.8 Å². The lowest BCUT2D eigenvalue weighted by molar-refractivity contribution is 0.411. The van der Waals surface area contributed by atoms with Crippen LogP contribution in [-0.4, -0.2) is 12.1 Å². The topological polar surface area (TPSA) is 48.1 Å². The van der Waals surface area contributed by atoms with Gasteiger partial charge in [-0.25, -0.2) is 4.98 Å². The highest BCUT2D eigenvalue weighted by Crippen LogP contribution is 2.30. The van der Waals surface area contributed by atoms with E-state index in [0.717, 1.165) is 12.0 Å². The fourth-order valence-electron chi connectivity index (χ4n) is 1.19. The summed E-state index contributed by atoms with van der Waals surface area (Å²) in [5, 5.41) is 0. The first-order valence-electron chi connectivity index (χ1n) is 4.81. The van der Waals surface area contributed by atoms with E-state index in [4.69, 9.17) is 10.5 Å². The van der Waals surface area contributed by atoms with E-state index in [1.165, 1.54) is 0 Å². The van der Waals surface area contributed by atoms with Crippen LogP contribution in [0.4, 0.5) is 5.82 Å². The maximum atomic E-state index is 5.65. The number of hydrogen-bond acceptors (Lipinski definition) is 3. The van der Waals surface area contributed by atoms with Crippen molar-refractivity contribution in [2.24, 2.45) is 0 Å². The molecule has 0 spiro atoms. The molecule has 0 atom stereocenters. The van der Waals surface area contributed by atoms with Crippen molar-refractivity contribution in [2.75, 3.05) is 12.8 Å². The molecule has 0 aromatic carbocycles. The van der Waals surface area contributed by atoms with Gasteiger partial charge in [0.1, 0.15) is 0 Å². The summed E-state index contributed by atoms with van der Waals surface area (Å²) in [5.41, 5.74) is 6.93. The second kappa shape index (κ2) is 3.86. The molecule has 0 unspecified atom stereocenters. The summed E-state index contributed by atoms with van der Waals surface area (Å²) in [4.78, 5) is 4.12. The second-order valence-corrected chi connectivity index (χ2v) is 4.05. The van der Waals surface area contributed by atoms with Gasteiger partial charge in [-0.1, -0.05) is 20.8 Å². The van der Waals surface area contributed by atoms with Crippen molar-refractivity contribution in [3.63, 3.8) is 0 Å². The maximum Gasteiger partial charge on any atom is 0.166 e. The maximum absolute atomic E-state index is 5.65. The van der Waals surface area contributed by atoms with Crippen molar-refractivity contribution in [3.8, 4) is 5.75 Å². The van der Waals surface area contributed by atoms with Gasteiger partial charge in [-0.3, -0.25) is 0 Å². The van der Waals surface area contributed by atoms with Crippen molar-refractivity contribution in [1.82, 2.24) is 4.98 Å². The lowest BCUT2D eigenvalue weighted by atomic mass is 9.83. The number of aromatic nitrogens is 1. The molecule has 0 saturated heterocycles. The molecular formula is C11H18N2O. The van der Waals surface area contributed by atoms with Crippen LogP contribution < -0.4 is 10.5 Å². The molecule has 1 heterocycles. The van der Waals surface area contributed by atoms with Gasteiger partial charge in [-0.05, 0) is 23.5 Å². The summed E-state index contributed by atoms with van der Waals surface area (Å²) in [6.45, 7) is 6.52. The number of nitrogens with two attached hydrogens (primary N) is 1. The molecule has 0 saturated carbocycles. The minimum Gasteiger partial charge on any atom is -0.493 e. The predicted octanol–water partition coefficient (Wildman–Crippen LogP) is 2.36. The molecule has 0 radical (unpaired) electrons. The van der Waals surface area contributed by atoms with Crippen LogP contribution in [0.2, 0.25) is 0 Å². The highest BCUT2D eigenvalue weighted by Gasteiger charge is 2.19. The van der Waals surface area contributed by atoms with E-state index in [1.807, 2.05) is 12.3 Å². The summed E-state index contributed by atoms with van der Waals surface area (Å²) in [5.74, 6) is 1.10. The van der Waals surface area contributed by atoms with E-state index in [9.17, 15) is 0 Å². The molecule has 0 fully saturated rings. The minimum absolute atomic E-state index is 0.119. The number of nitrogen functional groups attached to an aromatic ring is 1. The van der Waals surface area contributed by atoms with Gasteiger partial charge in [-0.15, -0.1) is 0 Å². The van der Waals surface area contributed by atoms with Crippen molar-refractivity contribution in [3.05, 3.63) is 17.8 Å². The zero-order chi connectivity index (χ0) is 10.8. The van der Waals surface area contributed by atoms with Crippen molar-refractivity contribution < 1.29 is 4.74 Å². The Balaban J connectivity index is 3.12. The molecule has 0 amide bonds. The molecule has 1 aromatic rings. The van der Waals surface area contributed by atoms with Crippen LogP contribution in [-0.2, 0) is 5.41 Å². The molecule has 1 rings (SSSR count). The molecule has 78 valence electrons. The SMILES string of the molecule is CCC(C)(C)c1cnc(N)c(OC)c1. The Labute approximate surface area is 85.3 Å². The van der Waals surface area contributed by atoms with Crippen LogP contribution in [0.3, 0.4) is 0 Å². The Morgan fingerprint density at radius 3 is 2.64 bits per heavy atom. The van der Waals surface area contributed by atoms with Gasteiger partial charge in [0.25, 0.3) is 0 Å². The number of pyridine rings is 1. The third-order valence-corrected chi connectivity index (χ3v) is 2.77. The zero-order valence-electron chi connectivity index (χ0n) is 9.29. The van der Waals surface area contributed by atoms with Gasteiger partial charge >= 0.3 is 0 Å². The van der Waals surface area contributed by atoms with Crippen LogP contribution in [0.5, 0.6) is 5.75 Å². The summed E-state index contributed by atoms with van der Waals surface area (Å²) in [6.07, 6.45) is 2.88. The molecule has 0 aliphatic rings. The lowest BCUT2D eigenvalue weighted by Gasteiger charge is -2.23. The largest absolute Gasteiger partial charge is 0.493 e. The van der Waals surface area contributed by atoms with Crippen molar-refractivity contribution in [1.29, 1.82) is 0 Å². The Morgan fingerprint density at radius 1 is 1.50 bits per heavy atom. The van der Waals surface area contributed by atoms with Gasteiger partial charge in [0.15, 0.2) is 11.6 Å². The molecule has 2 N–H and O–H groups in total. The third kappa shape index (κ3) is 1.97. The van der Waals surface area contributed by atoms with Crippen LogP contribution in [0.15, 0.2) is 12.3 Å². The van der Waals surface area contributed by atoms with Gasteiger partial charge in [0, 0.05) is 6.20 Å². The van der Waals surface area contributed by atoms with Crippen LogP contribution in [0.25, 0.3) is 0 Å². The molecule has 1 aromatic heterocycles. The van der Waals surface area contributed by atoms with Gasteiger partial charge < -0.3 is 10.5 Å². The monoisotopic (exact) mass is 194 g/mol. The number of nitrogens with zero attached hydrogens (tertiary/aromatic N) is 1. The highest BCUT2D eigenvalue weighted by molar-refractivity contribution is 5.48. The molecule has 0 aliphatic carbocycles. The quantitative estimate of drug-likeness (QED) is 0.803. The summed E-state index contributed by atoms with van der Waals surface area (Å²) in [6, 6.07) is 1.96. The van der Waals surface area contributed by atoms with Crippen LogP contribution in [0, 0.1) is 0 Å². The fourth-order valence-corrected chi connectivity index (χ4v) is 1.19. The zero-order valence-corrected chi connectivity index (χ0v) is 9.29. The van der Waals surface area contributed by atoms with E-state index in [1.54, 1.807) is 7.11 Å². The third-order valence-electron chi connectivity index (χ3n) is 2.77. The average molecular weight is 194 g/mol. The Bertz CT molecular complexity index is 321. The highest BCUT2D eigenvalue weighted by atomic mass is 16.5. The number of ether oxygens (including phenoxy) is 1. The first-order valence-corrected chi connectivity index (χ1v) is 4.81. The minimum atomic E-state index is 0.119. The van der Waals surface area contributed by atoms with E-state index in [2.05, 4.69) is 25.8 Å². The Kier molecular flexibility index (Phi) is 2.99. The lowest BCUT2D eigenvalue weighted by Crippen LogP contribution is -2.16. The average Bonchev–Trinajstić information content (AvgIpc) is 2.18. The van der Waals surface area contributed by atoms with E-state index in [-0.39, 0.29) is 5.41 Å². The molecule has 3 nitrogen and oxygen atoms in total. The Hall–Kier alpha value is -1.25. The van der Waals surface area contributed by atoms with Gasteiger partial charge in [-0.2, -0.15) is 0 Å². The smallest absolute Gasteiger partial charge is 0.166 e. The first kappa shape index (κ1) is 10.8. The molecule has 0 aliphatic heterocycles. The summed E-state index contributed by atoms with van der Waals surface area (Å²) >= 11 is 0. The molecule has 0 bridgehead atoms.